The van der Waals surface area contributed by atoms with Crippen LogP contribution in [0.25, 0.3) is 0 Å². The van der Waals surface area contributed by atoms with E-state index < -0.39 is 5.89 Å². The standard InChI is InChI=1S/C24H29NO3/c1-27-22-14-19-13-20(24(26)21(19)15-23(22)28-2)12-17-8-10-25(11-9-17)16-18-6-4-3-5-7-18/h3-7,14-15,17,20H,8-13,16H2,1-2H3/i20D. The highest BCUT2D eigenvalue weighted by Crippen LogP contribution is 2.39. The van der Waals surface area contributed by atoms with E-state index in [0.717, 1.165) is 38.0 Å². The number of fused-ring (bicyclic) bond motifs is 1. The Bertz CT molecular complexity index is 877. The lowest BCUT2D eigenvalue weighted by molar-refractivity contribution is 0.0895. The average Bonchev–Trinajstić information content (AvgIpc) is 2.98. The molecule has 2 aliphatic rings. The summed E-state index contributed by atoms with van der Waals surface area (Å²) in [5.41, 5.74) is 2.87. The molecule has 1 aliphatic carbocycles. The van der Waals surface area contributed by atoms with Crippen molar-refractivity contribution in [1.29, 1.82) is 0 Å². The molecule has 1 aliphatic heterocycles. The van der Waals surface area contributed by atoms with Gasteiger partial charge in [0.15, 0.2) is 17.3 Å². The molecule has 0 aromatic heterocycles. The van der Waals surface area contributed by atoms with Crippen LogP contribution in [0.1, 0.15) is 42.1 Å². The van der Waals surface area contributed by atoms with Gasteiger partial charge in [0.05, 0.1) is 14.2 Å². The predicted octanol–water partition coefficient (Wildman–Crippen LogP) is 4.36. The van der Waals surface area contributed by atoms with E-state index >= 15 is 0 Å². The summed E-state index contributed by atoms with van der Waals surface area (Å²) in [5.74, 6) is 0.462. The summed E-state index contributed by atoms with van der Waals surface area (Å²) in [6.07, 6.45) is 3.18. The van der Waals surface area contributed by atoms with Gasteiger partial charge < -0.3 is 9.47 Å². The number of carbonyl (C=O) groups excluding carboxylic acids is 1. The van der Waals surface area contributed by atoms with Crippen LogP contribution in [-0.4, -0.2) is 38.0 Å². The zero-order chi connectivity index (χ0) is 20.4. The highest BCUT2D eigenvalue weighted by Gasteiger charge is 2.34. The number of rotatable bonds is 6. The molecule has 148 valence electrons. The second kappa shape index (κ2) is 8.36. The highest BCUT2D eigenvalue weighted by atomic mass is 16.5. The third kappa shape index (κ3) is 3.93. The minimum absolute atomic E-state index is 0.0693. The molecule has 1 heterocycles. The Morgan fingerprint density at radius 3 is 2.43 bits per heavy atom. The third-order valence-corrected chi connectivity index (χ3v) is 6.07. The van der Waals surface area contributed by atoms with Gasteiger partial charge in [-0.25, -0.2) is 0 Å². The number of carbonyl (C=O) groups is 1. The van der Waals surface area contributed by atoms with Crippen molar-refractivity contribution >= 4 is 5.78 Å². The second-order valence-electron chi connectivity index (χ2n) is 7.88. The van der Waals surface area contributed by atoms with Crippen LogP contribution in [0.15, 0.2) is 42.5 Å². The number of hydrogen-bond acceptors (Lipinski definition) is 4. The molecule has 4 rings (SSSR count). The minimum Gasteiger partial charge on any atom is -0.493 e. The van der Waals surface area contributed by atoms with E-state index in [2.05, 4.69) is 29.2 Å². The normalized spacial score (nSPS) is 23.4. The van der Waals surface area contributed by atoms with Crippen molar-refractivity contribution < 1.29 is 15.6 Å². The molecule has 0 spiro atoms. The van der Waals surface area contributed by atoms with E-state index in [1.165, 1.54) is 5.56 Å². The molecule has 0 amide bonds. The van der Waals surface area contributed by atoms with Crippen LogP contribution >= 0.6 is 0 Å². The first-order chi connectivity index (χ1) is 14.0. The molecular weight excluding hydrogens is 350 g/mol. The molecule has 4 heteroatoms. The zero-order valence-corrected chi connectivity index (χ0v) is 16.7. The number of ketones is 1. The molecule has 2 aromatic rings. The largest absolute Gasteiger partial charge is 0.493 e. The summed E-state index contributed by atoms with van der Waals surface area (Å²) in [4.78, 5) is 15.5. The van der Waals surface area contributed by atoms with Crippen molar-refractivity contribution in [2.75, 3.05) is 27.3 Å². The van der Waals surface area contributed by atoms with Gasteiger partial charge in [-0.2, -0.15) is 0 Å². The predicted molar refractivity (Wildman–Crippen MR) is 110 cm³/mol. The summed E-state index contributed by atoms with van der Waals surface area (Å²) in [6, 6.07) is 14.2. The van der Waals surface area contributed by atoms with Crippen LogP contribution < -0.4 is 9.47 Å². The van der Waals surface area contributed by atoms with Crippen molar-refractivity contribution in [2.45, 2.75) is 32.2 Å². The van der Waals surface area contributed by atoms with Gasteiger partial charge in [-0.15, -0.1) is 0 Å². The highest BCUT2D eigenvalue weighted by molar-refractivity contribution is 6.02. The molecule has 0 N–H and O–H groups in total. The van der Waals surface area contributed by atoms with Gasteiger partial charge in [-0.05, 0) is 68.0 Å². The van der Waals surface area contributed by atoms with E-state index in [-0.39, 0.29) is 5.78 Å². The molecule has 4 nitrogen and oxygen atoms in total. The molecule has 1 unspecified atom stereocenters. The smallest absolute Gasteiger partial charge is 0.166 e. The Labute approximate surface area is 168 Å². The number of likely N-dealkylation sites (tertiary alicyclic amines) is 1. The van der Waals surface area contributed by atoms with Gasteiger partial charge in [-0.3, -0.25) is 9.69 Å². The number of benzene rings is 2. The number of nitrogens with zero attached hydrogens (tertiary/aromatic N) is 1. The van der Waals surface area contributed by atoms with E-state index in [0.29, 0.717) is 35.8 Å². The molecule has 28 heavy (non-hydrogen) atoms. The fourth-order valence-corrected chi connectivity index (χ4v) is 4.48. The second-order valence-corrected chi connectivity index (χ2v) is 7.88. The lowest BCUT2D eigenvalue weighted by Gasteiger charge is -2.32. The molecular formula is C24H29NO3. The number of methoxy groups -OCH3 is 2. The van der Waals surface area contributed by atoms with Gasteiger partial charge in [0.2, 0.25) is 0 Å². The van der Waals surface area contributed by atoms with Gasteiger partial charge in [0.1, 0.15) is 0 Å². The summed E-state index contributed by atoms with van der Waals surface area (Å²) in [7, 11) is 3.17. The monoisotopic (exact) mass is 380 g/mol. The van der Waals surface area contributed by atoms with Crippen LogP contribution in [0.3, 0.4) is 0 Å². The Hall–Kier alpha value is -2.33. The van der Waals surface area contributed by atoms with Crippen LogP contribution in [0.4, 0.5) is 0 Å². The fourth-order valence-electron chi connectivity index (χ4n) is 4.48. The minimum atomic E-state index is -1.06. The summed E-state index contributed by atoms with van der Waals surface area (Å²) in [5, 5.41) is 0. The Morgan fingerprint density at radius 2 is 1.75 bits per heavy atom. The van der Waals surface area contributed by atoms with Crippen LogP contribution in [-0.2, 0) is 13.0 Å². The summed E-state index contributed by atoms with van der Waals surface area (Å²) < 4.78 is 19.7. The average molecular weight is 381 g/mol. The van der Waals surface area contributed by atoms with Gasteiger partial charge in [0.25, 0.3) is 0 Å². The molecule has 2 aromatic carbocycles. The van der Waals surface area contributed by atoms with Crippen molar-refractivity contribution in [3.63, 3.8) is 0 Å². The van der Waals surface area contributed by atoms with E-state index in [1.807, 2.05) is 12.1 Å². The Kier molecular flexibility index (Phi) is 5.30. The summed E-state index contributed by atoms with van der Waals surface area (Å²) >= 11 is 0. The van der Waals surface area contributed by atoms with Crippen molar-refractivity contribution in [3.05, 3.63) is 59.2 Å². The first-order valence-corrected chi connectivity index (χ1v) is 10.1. The Morgan fingerprint density at radius 1 is 1.07 bits per heavy atom. The van der Waals surface area contributed by atoms with E-state index in [4.69, 9.17) is 10.8 Å². The van der Waals surface area contributed by atoms with Crippen LogP contribution in [0.5, 0.6) is 11.5 Å². The molecule has 1 atom stereocenters. The lowest BCUT2D eigenvalue weighted by Crippen LogP contribution is -2.34. The van der Waals surface area contributed by atoms with Gasteiger partial charge in [0, 0.05) is 19.4 Å². The maximum Gasteiger partial charge on any atom is 0.166 e. The quantitative estimate of drug-likeness (QED) is 0.746. The van der Waals surface area contributed by atoms with Crippen LogP contribution in [0, 0.1) is 11.8 Å². The number of Topliss-reactive ketones (excluding diaryl/α,β-unsaturated/α-hetero) is 1. The number of hydrogen-bond donors (Lipinski definition) is 0. The fraction of sp³-hybridized carbons (Fsp3) is 0.458. The zero-order valence-electron chi connectivity index (χ0n) is 17.7. The first-order valence-electron chi connectivity index (χ1n) is 10.6. The number of ether oxygens (including phenoxy) is 2. The molecule has 0 radical (unpaired) electrons. The van der Waals surface area contributed by atoms with Gasteiger partial charge >= 0.3 is 0 Å². The Balaban J connectivity index is 1.39. The SMILES string of the molecule is [2H]C1(CC2CCN(Cc3ccccc3)CC2)Cc2cc(OC)c(OC)cc2C1=O. The third-order valence-electron chi connectivity index (χ3n) is 6.07. The summed E-state index contributed by atoms with van der Waals surface area (Å²) in [6.45, 7) is 3.03. The molecule has 0 bridgehead atoms. The maximum atomic E-state index is 13.1. The van der Waals surface area contributed by atoms with E-state index in [9.17, 15) is 4.79 Å². The first kappa shape index (κ1) is 17.7. The van der Waals surface area contributed by atoms with Crippen molar-refractivity contribution in [3.8, 4) is 11.5 Å². The van der Waals surface area contributed by atoms with Crippen molar-refractivity contribution in [2.24, 2.45) is 11.8 Å². The van der Waals surface area contributed by atoms with Crippen molar-refractivity contribution in [1.82, 2.24) is 4.90 Å². The van der Waals surface area contributed by atoms with Crippen LogP contribution in [0.2, 0.25) is 0 Å². The van der Waals surface area contributed by atoms with Gasteiger partial charge in [-0.1, -0.05) is 30.3 Å². The van der Waals surface area contributed by atoms with E-state index in [1.54, 1.807) is 20.3 Å². The molecule has 1 fully saturated rings. The molecule has 0 saturated carbocycles. The molecule has 1 saturated heterocycles. The topological polar surface area (TPSA) is 38.8 Å². The number of piperidine rings is 1. The lowest BCUT2D eigenvalue weighted by atomic mass is 9.85. The maximum absolute atomic E-state index is 13.1.